The van der Waals surface area contributed by atoms with Crippen LogP contribution in [0.2, 0.25) is 0 Å². The molecule has 0 bridgehead atoms. The Labute approximate surface area is 129 Å². The number of carbonyl (C=O) groups excluding carboxylic acids is 1. The zero-order valence-electron chi connectivity index (χ0n) is 12.9. The minimum atomic E-state index is 0. The Morgan fingerprint density at radius 3 is 2.30 bits per heavy atom. The normalized spacial score (nSPS) is 37.9. The van der Waals surface area contributed by atoms with Crippen LogP contribution in [0.15, 0.2) is 0 Å². The second-order valence-corrected chi connectivity index (χ2v) is 7.09. The zero-order chi connectivity index (χ0) is 13.8. The predicted molar refractivity (Wildman–Crippen MR) is 85.9 cm³/mol. The van der Waals surface area contributed by atoms with Gasteiger partial charge in [0.1, 0.15) is 0 Å². The van der Waals surface area contributed by atoms with Gasteiger partial charge in [0.25, 0.3) is 0 Å². The fourth-order valence-electron chi connectivity index (χ4n) is 4.08. The Balaban J connectivity index is 0.00000200. The highest BCUT2D eigenvalue weighted by Gasteiger charge is 2.28. The molecule has 0 spiro atoms. The maximum atomic E-state index is 12.2. The molecule has 20 heavy (non-hydrogen) atoms. The molecule has 4 unspecified atom stereocenters. The summed E-state index contributed by atoms with van der Waals surface area (Å²) in [4.78, 5) is 12.2. The molecule has 0 aromatic rings. The highest BCUT2D eigenvalue weighted by Crippen LogP contribution is 2.29. The molecule has 2 aliphatic rings. The van der Waals surface area contributed by atoms with Gasteiger partial charge < -0.3 is 11.1 Å². The summed E-state index contributed by atoms with van der Waals surface area (Å²) in [5.41, 5.74) is 6.12. The van der Waals surface area contributed by atoms with E-state index in [2.05, 4.69) is 19.2 Å². The van der Waals surface area contributed by atoms with Crippen LogP contribution >= 0.6 is 12.4 Å². The van der Waals surface area contributed by atoms with Crippen LogP contribution in [0.4, 0.5) is 0 Å². The molecule has 3 N–H and O–H groups in total. The number of nitrogens with one attached hydrogen (secondary N) is 1. The minimum absolute atomic E-state index is 0. The Morgan fingerprint density at radius 1 is 1.10 bits per heavy atom. The number of halogens is 1. The van der Waals surface area contributed by atoms with Gasteiger partial charge in [-0.1, -0.05) is 26.7 Å². The second kappa shape index (κ2) is 8.23. The molecule has 1 amide bonds. The lowest BCUT2D eigenvalue weighted by molar-refractivity contribution is -0.123. The van der Waals surface area contributed by atoms with E-state index in [-0.39, 0.29) is 24.4 Å². The summed E-state index contributed by atoms with van der Waals surface area (Å²) in [6.07, 6.45) is 8.93. The van der Waals surface area contributed by atoms with Crippen molar-refractivity contribution in [3.63, 3.8) is 0 Å². The van der Waals surface area contributed by atoms with Crippen LogP contribution < -0.4 is 11.1 Å². The van der Waals surface area contributed by atoms with Crippen molar-refractivity contribution in [1.82, 2.24) is 5.32 Å². The lowest BCUT2D eigenvalue weighted by Crippen LogP contribution is -2.43. The molecule has 2 aliphatic carbocycles. The molecule has 0 saturated heterocycles. The Kier molecular flexibility index (Phi) is 7.32. The first kappa shape index (κ1) is 17.8. The Morgan fingerprint density at radius 2 is 1.70 bits per heavy atom. The molecule has 3 nitrogen and oxygen atoms in total. The van der Waals surface area contributed by atoms with Crippen LogP contribution in [0, 0.1) is 17.8 Å². The van der Waals surface area contributed by atoms with Gasteiger partial charge >= 0.3 is 0 Å². The van der Waals surface area contributed by atoms with Gasteiger partial charge in [0.15, 0.2) is 0 Å². The first-order chi connectivity index (χ1) is 9.04. The van der Waals surface area contributed by atoms with Crippen molar-refractivity contribution >= 4 is 18.3 Å². The summed E-state index contributed by atoms with van der Waals surface area (Å²) in [6, 6.07) is 0.634. The number of nitrogens with two attached hydrogens (primary N) is 1. The zero-order valence-corrected chi connectivity index (χ0v) is 13.8. The summed E-state index contributed by atoms with van der Waals surface area (Å²) < 4.78 is 0. The fourth-order valence-corrected chi connectivity index (χ4v) is 4.08. The van der Waals surface area contributed by atoms with Gasteiger partial charge in [-0.2, -0.15) is 0 Å². The van der Waals surface area contributed by atoms with Crippen LogP contribution in [-0.2, 0) is 4.79 Å². The van der Waals surface area contributed by atoms with Crippen molar-refractivity contribution in [2.75, 3.05) is 0 Å². The van der Waals surface area contributed by atoms with Crippen molar-refractivity contribution in [3.8, 4) is 0 Å². The van der Waals surface area contributed by atoms with Gasteiger partial charge in [-0.05, 0) is 49.9 Å². The van der Waals surface area contributed by atoms with Crippen LogP contribution in [-0.4, -0.2) is 18.0 Å². The largest absolute Gasteiger partial charge is 0.353 e. The van der Waals surface area contributed by atoms with E-state index in [0.29, 0.717) is 18.4 Å². The lowest BCUT2D eigenvalue weighted by atomic mass is 9.80. The van der Waals surface area contributed by atoms with E-state index in [1.165, 1.54) is 19.3 Å². The van der Waals surface area contributed by atoms with Crippen molar-refractivity contribution < 1.29 is 4.79 Å². The molecule has 4 heteroatoms. The molecule has 118 valence electrons. The molecule has 0 radical (unpaired) electrons. The monoisotopic (exact) mass is 302 g/mol. The average Bonchev–Trinajstić information content (AvgIpc) is 2.30. The average molecular weight is 303 g/mol. The second-order valence-electron chi connectivity index (χ2n) is 7.09. The van der Waals surface area contributed by atoms with E-state index < -0.39 is 0 Å². The van der Waals surface area contributed by atoms with Crippen LogP contribution in [0.1, 0.15) is 65.2 Å². The summed E-state index contributed by atoms with van der Waals surface area (Å²) in [6.45, 7) is 4.59. The topological polar surface area (TPSA) is 55.1 Å². The molecule has 2 fully saturated rings. The van der Waals surface area contributed by atoms with Gasteiger partial charge in [-0.15, -0.1) is 12.4 Å². The van der Waals surface area contributed by atoms with Gasteiger partial charge in [0, 0.05) is 18.5 Å². The maximum absolute atomic E-state index is 12.2. The van der Waals surface area contributed by atoms with Crippen LogP contribution in [0.25, 0.3) is 0 Å². The Bertz CT molecular complexity index is 301. The third-order valence-corrected chi connectivity index (χ3v) is 4.96. The summed E-state index contributed by atoms with van der Waals surface area (Å²) in [5.74, 6) is 2.12. The summed E-state index contributed by atoms with van der Waals surface area (Å²) in [5, 5.41) is 3.25. The van der Waals surface area contributed by atoms with Crippen LogP contribution in [0.5, 0.6) is 0 Å². The van der Waals surface area contributed by atoms with E-state index in [1.54, 1.807) is 0 Å². The third kappa shape index (κ3) is 5.25. The van der Waals surface area contributed by atoms with Gasteiger partial charge in [0.2, 0.25) is 5.91 Å². The molecule has 4 atom stereocenters. The fraction of sp³-hybridized carbons (Fsp3) is 0.938. The van der Waals surface area contributed by atoms with E-state index >= 15 is 0 Å². The van der Waals surface area contributed by atoms with Crippen molar-refractivity contribution in [1.29, 1.82) is 0 Å². The van der Waals surface area contributed by atoms with E-state index in [1.807, 2.05) is 0 Å². The standard InChI is InChI=1S/C16H30N2O.ClH/c1-11-7-12(2)9-14(8-11)18-16(19)10-13-5-3-4-6-15(13)17;/h11-15H,3-10,17H2,1-2H3,(H,18,19);1H. The number of amides is 1. The third-order valence-electron chi connectivity index (χ3n) is 4.96. The van der Waals surface area contributed by atoms with Crippen molar-refractivity contribution in [3.05, 3.63) is 0 Å². The predicted octanol–water partition coefficient (Wildman–Crippen LogP) is 3.26. The molecule has 2 saturated carbocycles. The lowest BCUT2D eigenvalue weighted by Gasteiger charge is -2.33. The van der Waals surface area contributed by atoms with E-state index in [4.69, 9.17) is 5.73 Å². The van der Waals surface area contributed by atoms with Gasteiger partial charge in [0.05, 0.1) is 0 Å². The molecule has 0 aliphatic heterocycles. The van der Waals surface area contributed by atoms with Crippen LogP contribution in [0.3, 0.4) is 0 Å². The smallest absolute Gasteiger partial charge is 0.220 e. The SMILES string of the molecule is CC1CC(C)CC(NC(=O)CC2CCCCC2N)C1.Cl. The number of carbonyl (C=O) groups is 1. The molecule has 0 aromatic carbocycles. The van der Waals surface area contributed by atoms with E-state index in [0.717, 1.165) is 37.5 Å². The van der Waals surface area contributed by atoms with E-state index in [9.17, 15) is 4.79 Å². The maximum Gasteiger partial charge on any atom is 0.220 e. The Hall–Kier alpha value is -0.280. The molecule has 2 rings (SSSR count). The molecular weight excluding hydrogens is 272 g/mol. The number of rotatable bonds is 3. The molecular formula is C16H31ClN2O. The molecule has 0 heterocycles. The summed E-state index contributed by atoms with van der Waals surface area (Å²) >= 11 is 0. The number of hydrogen-bond acceptors (Lipinski definition) is 2. The minimum Gasteiger partial charge on any atom is -0.353 e. The highest BCUT2D eigenvalue weighted by molar-refractivity contribution is 5.85. The van der Waals surface area contributed by atoms with Gasteiger partial charge in [-0.3, -0.25) is 4.79 Å². The number of hydrogen-bond donors (Lipinski definition) is 2. The first-order valence-electron chi connectivity index (χ1n) is 8.09. The van der Waals surface area contributed by atoms with Crippen molar-refractivity contribution in [2.45, 2.75) is 77.3 Å². The highest BCUT2D eigenvalue weighted by atomic mass is 35.5. The van der Waals surface area contributed by atoms with Crippen molar-refractivity contribution in [2.24, 2.45) is 23.5 Å². The molecule has 0 aromatic heterocycles. The van der Waals surface area contributed by atoms with Gasteiger partial charge in [-0.25, -0.2) is 0 Å². The summed E-state index contributed by atoms with van der Waals surface area (Å²) in [7, 11) is 0. The quantitative estimate of drug-likeness (QED) is 0.841. The first-order valence-corrected chi connectivity index (χ1v) is 8.09.